The van der Waals surface area contributed by atoms with Crippen molar-refractivity contribution in [1.29, 1.82) is 0 Å². The second-order valence-corrected chi connectivity index (χ2v) is 6.89. The van der Waals surface area contributed by atoms with Crippen LogP contribution in [0.25, 0.3) is 0 Å². The molecule has 27 heavy (non-hydrogen) atoms. The Morgan fingerprint density at radius 3 is 2.41 bits per heavy atom. The molecule has 2 saturated heterocycles. The van der Waals surface area contributed by atoms with E-state index in [-0.39, 0.29) is 5.91 Å². The number of piperazine rings is 1. The van der Waals surface area contributed by atoms with Crippen LogP contribution in [-0.4, -0.2) is 80.7 Å². The van der Waals surface area contributed by atoms with Gasteiger partial charge in [-0.3, -0.25) is 4.79 Å². The fraction of sp³-hybridized carbons (Fsp3) is 0.600. The number of benzene rings is 1. The minimum absolute atomic E-state index is 0.149. The van der Waals surface area contributed by atoms with Crippen LogP contribution in [0, 0.1) is 0 Å². The lowest BCUT2D eigenvalue weighted by Crippen LogP contribution is -2.53. The van der Waals surface area contributed by atoms with Crippen molar-refractivity contribution in [2.75, 3.05) is 63.9 Å². The Kier molecular flexibility index (Phi) is 6.92. The van der Waals surface area contributed by atoms with Crippen LogP contribution in [0.1, 0.15) is 19.4 Å². The van der Waals surface area contributed by atoms with Crippen molar-refractivity contribution in [3.63, 3.8) is 0 Å². The quantitative estimate of drug-likeness (QED) is 0.634. The van der Waals surface area contributed by atoms with Crippen molar-refractivity contribution in [3.05, 3.63) is 29.8 Å². The van der Waals surface area contributed by atoms with Crippen molar-refractivity contribution in [3.8, 4) is 0 Å². The van der Waals surface area contributed by atoms with Crippen LogP contribution in [-0.2, 0) is 16.1 Å². The Labute approximate surface area is 162 Å². The van der Waals surface area contributed by atoms with E-state index in [1.807, 2.05) is 4.90 Å². The molecule has 2 aliphatic rings. The van der Waals surface area contributed by atoms with Gasteiger partial charge in [0.1, 0.15) is 0 Å². The van der Waals surface area contributed by atoms with Gasteiger partial charge in [0.25, 0.3) is 0 Å². The minimum atomic E-state index is 0.149. The molecule has 0 radical (unpaired) electrons. The first-order chi connectivity index (χ1) is 13.2. The molecule has 1 amide bonds. The molecule has 2 fully saturated rings. The van der Waals surface area contributed by atoms with E-state index in [2.05, 4.69) is 46.3 Å². The van der Waals surface area contributed by atoms with Crippen LogP contribution in [0.3, 0.4) is 0 Å². The van der Waals surface area contributed by atoms with Crippen LogP contribution < -0.4 is 10.2 Å². The van der Waals surface area contributed by atoms with Gasteiger partial charge in [-0.15, -0.1) is 0 Å². The number of hydrogen-bond acceptors (Lipinski definition) is 4. The highest BCUT2D eigenvalue weighted by molar-refractivity contribution is 5.80. The second-order valence-electron chi connectivity index (χ2n) is 6.89. The van der Waals surface area contributed by atoms with Crippen molar-refractivity contribution in [2.24, 2.45) is 4.99 Å². The maximum Gasteiger partial charge on any atom is 0.219 e. The number of amides is 1. The Morgan fingerprint density at radius 1 is 1.07 bits per heavy atom. The van der Waals surface area contributed by atoms with E-state index < -0.39 is 0 Å². The van der Waals surface area contributed by atoms with Crippen LogP contribution in [0.2, 0.25) is 0 Å². The summed E-state index contributed by atoms with van der Waals surface area (Å²) in [6.45, 7) is 11.7. The lowest BCUT2D eigenvalue weighted by Gasteiger charge is -2.36. The molecule has 1 aromatic carbocycles. The molecule has 7 heteroatoms. The summed E-state index contributed by atoms with van der Waals surface area (Å²) in [7, 11) is 0. The van der Waals surface area contributed by atoms with Crippen molar-refractivity contribution in [2.45, 2.75) is 20.4 Å². The Balaban J connectivity index is 1.69. The molecule has 0 saturated carbocycles. The minimum Gasteiger partial charge on any atom is -0.378 e. The summed E-state index contributed by atoms with van der Waals surface area (Å²) in [6.07, 6.45) is 0. The number of guanidine groups is 1. The van der Waals surface area contributed by atoms with E-state index in [0.29, 0.717) is 6.54 Å². The zero-order chi connectivity index (χ0) is 19.1. The first-order valence-corrected chi connectivity index (χ1v) is 9.88. The number of aliphatic imine (C=N–C) groups is 1. The average Bonchev–Trinajstić information content (AvgIpc) is 2.72. The zero-order valence-electron chi connectivity index (χ0n) is 16.5. The van der Waals surface area contributed by atoms with Crippen LogP contribution in [0.5, 0.6) is 0 Å². The molecular weight excluding hydrogens is 342 g/mol. The van der Waals surface area contributed by atoms with Gasteiger partial charge < -0.3 is 24.8 Å². The monoisotopic (exact) mass is 373 g/mol. The number of anilines is 1. The molecule has 3 rings (SSSR count). The SMILES string of the molecule is CCNC(=NCc1ccccc1N1CCOCC1)N1CCN(C(C)=O)CC1. The summed E-state index contributed by atoms with van der Waals surface area (Å²) >= 11 is 0. The molecule has 1 aromatic rings. The zero-order valence-corrected chi connectivity index (χ0v) is 16.5. The highest BCUT2D eigenvalue weighted by Crippen LogP contribution is 2.22. The third-order valence-electron chi connectivity index (χ3n) is 5.10. The van der Waals surface area contributed by atoms with Gasteiger partial charge in [0.2, 0.25) is 5.91 Å². The molecule has 0 spiro atoms. The number of nitrogens with zero attached hydrogens (tertiary/aromatic N) is 4. The summed E-state index contributed by atoms with van der Waals surface area (Å²) in [5.74, 6) is 1.08. The third-order valence-corrected chi connectivity index (χ3v) is 5.10. The maximum atomic E-state index is 11.5. The summed E-state index contributed by atoms with van der Waals surface area (Å²) in [4.78, 5) is 23.0. The lowest BCUT2D eigenvalue weighted by atomic mass is 10.1. The van der Waals surface area contributed by atoms with Crippen LogP contribution in [0.4, 0.5) is 5.69 Å². The molecular formula is C20H31N5O2. The standard InChI is InChI=1S/C20H31N5O2/c1-3-21-20(25-10-8-23(9-11-25)17(2)26)22-16-18-6-4-5-7-19(18)24-12-14-27-15-13-24/h4-7H,3,8-16H2,1-2H3,(H,21,22). The second kappa shape index (κ2) is 9.60. The largest absolute Gasteiger partial charge is 0.378 e. The van der Waals surface area contributed by atoms with Gasteiger partial charge in [-0.2, -0.15) is 0 Å². The molecule has 0 atom stereocenters. The molecule has 2 heterocycles. The van der Waals surface area contributed by atoms with Gasteiger partial charge in [-0.25, -0.2) is 4.99 Å². The van der Waals surface area contributed by atoms with E-state index in [1.165, 1.54) is 11.3 Å². The van der Waals surface area contributed by atoms with E-state index in [0.717, 1.165) is 65.0 Å². The van der Waals surface area contributed by atoms with E-state index in [4.69, 9.17) is 9.73 Å². The maximum absolute atomic E-state index is 11.5. The summed E-state index contributed by atoms with van der Waals surface area (Å²) in [5.41, 5.74) is 2.49. The number of carbonyl (C=O) groups excluding carboxylic acids is 1. The predicted molar refractivity (Wildman–Crippen MR) is 108 cm³/mol. The number of carbonyl (C=O) groups is 1. The number of morpholine rings is 1. The molecule has 7 nitrogen and oxygen atoms in total. The highest BCUT2D eigenvalue weighted by atomic mass is 16.5. The van der Waals surface area contributed by atoms with Crippen molar-refractivity contribution >= 4 is 17.6 Å². The van der Waals surface area contributed by atoms with Gasteiger partial charge in [-0.1, -0.05) is 18.2 Å². The van der Waals surface area contributed by atoms with Gasteiger partial charge in [0, 0.05) is 58.4 Å². The fourth-order valence-corrected chi connectivity index (χ4v) is 3.58. The smallest absolute Gasteiger partial charge is 0.219 e. The summed E-state index contributed by atoms with van der Waals surface area (Å²) < 4.78 is 5.48. The Morgan fingerprint density at radius 2 is 1.74 bits per heavy atom. The summed E-state index contributed by atoms with van der Waals surface area (Å²) in [6, 6.07) is 8.50. The van der Waals surface area contributed by atoms with Crippen molar-refractivity contribution < 1.29 is 9.53 Å². The number of rotatable bonds is 4. The number of para-hydroxylation sites is 1. The van der Waals surface area contributed by atoms with Crippen LogP contribution in [0.15, 0.2) is 29.3 Å². The fourth-order valence-electron chi connectivity index (χ4n) is 3.58. The molecule has 1 N–H and O–H groups in total. The normalized spacial score (nSPS) is 18.6. The molecule has 0 unspecified atom stereocenters. The first-order valence-electron chi connectivity index (χ1n) is 9.88. The number of hydrogen-bond donors (Lipinski definition) is 1. The van der Waals surface area contributed by atoms with Gasteiger partial charge in [0.05, 0.1) is 19.8 Å². The molecule has 2 aliphatic heterocycles. The van der Waals surface area contributed by atoms with Gasteiger partial charge in [0.15, 0.2) is 5.96 Å². The average molecular weight is 374 g/mol. The molecule has 0 bridgehead atoms. The van der Waals surface area contributed by atoms with Gasteiger partial charge in [-0.05, 0) is 18.6 Å². The molecule has 0 aliphatic carbocycles. The molecule has 148 valence electrons. The predicted octanol–water partition coefficient (Wildman–Crippen LogP) is 1.15. The Bertz CT molecular complexity index is 650. The number of ether oxygens (including phenoxy) is 1. The third kappa shape index (κ3) is 5.13. The van der Waals surface area contributed by atoms with E-state index in [9.17, 15) is 4.79 Å². The van der Waals surface area contributed by atoms with E-state index >= 15 is 0 Å². The van der Waals surface area contributed by atoms with Crippen molar-refractivity contribution in [1.82, 2.24) is 15.1 Å². The highest BCUT2D eigenvalue weighted by Gasteiger charge is 2.21. The summed E-state index contributed by atoms with van der Waals surface area (Å²) in [5, 5.41) is 3.40. The lowest BCUT2D eigenvalue weighted by molar-refractivity contribution is -0.130. The first kappa shape index (κ1) is 19.5. The van der Waals surface area contributed by atoms with Crippen LogP contribution >= 0.6 is 0 Å². The van der Waals surface area contributed by atoms with Gasteiger partial charge >= 0.3 is 0 Å². The topological polar surface area (TPSA) is 60.4 Å². The molecule has 0 aromatic heterocycles. The Hall–Kier alpha value is -2.28. The number of nitrogens with one attached hydrogen (secondary N) is 1. The van der Waals surface area contributed by atoms with E-state index in [1.54, 1.807) is 6.92 Å².